The molecule has 4 aromatic carbocycles. The van der Waals surface area contributed by atoms with E-state index in [4.69, 9.17) is 10.1 Å². The standard InChI is InChI=1S/C42H50N4O2.C2H6.CH4O/c1-23(2)19-41(20-24(3)4)43-31-13-9-11-27-15-17-29(37(45-41)33(27)31)35-39(47)36(40(35)48)30-18-16-28-12-10-14-32-34(28)38(30)46-42(44-32,21-25(5)6)22-26(7)8;2*1-2/h9-18,23-26,43-45,47H,19-22H2,1-8H3;1-2H3;2H,1H3/b36-30-;;. The molecule has 0 spiro atoms. The number of carbonyl (C=O) groups is 1. The number of hydrogen-bond donors (Lipinski definition) is 5. The second-order valence-electron chi connectivity index (χ2n) is 16.2. The molecule has 0 unspecified atom stereocenters. The van der Waals surface area contributed by atoms with Crippen LogP contribution < -0.4 is 26.5 Å². The van der Waals surface area contributed by atoms with Crippen LogP contribution in [-0.2, 0) is 4.79 Å². The number of carbonyl (C=O) groups excluding carboxylic acids is 1. The van der Waals surface area contributed by atoms with E-state index in [1.807, 2.05) is 32.0 Å². The van der Waals surface area contributed by atoms with Crippen LogP contribution in [0.4, 0.5) is 17.1 Å². The van der Waals surface area contributed by atoms with Crippen LogP contribution in [0.25, 0.3) is 32.7 Å². The molecule has 52 heavy (non-hydrogen) atoms. The summed E-state index contributed by atoms with van der Waals surface area (Å²) in [5, 5.41) is 36.3. The van der Waals surface area contributed by atoms with Crippen molar-refractivity contribution in [2.75, 3.05) is 23.1 Å². The van der Waals surface area contributed by atoms with Gasteiger partial charge in [-0.05, 0) is 72.3 Å². The molecule has 2 heterocycles. The topological polar surface area (TPSA) is 106 Å². The number of ketones is 1. The highest BCUT2D eigenvalue weighted by Crippen LogP contribution is 2.48. The van der Waals surface area contributed by atoms with Crippen LogP contribution in [0.5, 0.6) is 0 Å². The monoisotopic (exact) mass is 704 g/mol. The van der Waals surface area contributed by atoms with Gasteiger partial charge in [0.2, 0.25) is 5.78 Å². The van der Waals surface area contributed by atoms with Crippen molar-refractivity contribution in [3.8, 4) is 0 Å². The molecule has 0 radical (unpaired) electrons. The van der Waals surface area contributed by atoms with Gasteiger partial charge in [0.05, 0.1) is 22.2 Å². The number of nitrogens with one attached hydrogen (secondary N) is 3. The number of anilines is 3. The lowest BCUT2D eigenvalue weighted by atomic mass is 9.79. The maximum atomic E-state index is 14.5. The first-order valence-electron chi connectivity index (χ1n) is 19.3. The molecule has 1 aliphatic carbocycles. The molecule has 0 aromatic heterocycles. The second kappa shape index (κ2) is 15.3. The van der Waals surface area contributed by atoms with E-state index in [0.717, 1.165) is 82.3 Å². The van der Waals surface area contributed by atoms with E-state index in [1.54, 1.807) is 0 Å². The lowest BCUT2D eigenvalue weighted by Crippen LogP contribution is -2.50. The molecular weight excluding hydrogens is 645 g/mol. The highest BCUT2D eigenvalue weighted by molar-refractivity contribution is 6.52. The van der Waals surface area contributed by atoms with Crippen LogP contribution in [0.15, 0.2) is 71.4 Å². The van der Waals surface area contributed by atoms with Gasteiger partial charge in [-0.25, -0.2) is 0 Å². The fraction of sp³-hybridized carbons (Fsp3) is 0.467. The maximum absolute atomic E-state index is 14.5. The second-order valence-corrected chi connectivity index (χ2v) is 16.2. The van der Waals surface area contributed by atoms with Crippen LogP contribution >= 0.6 is 0 Å². The Hall–Kier alpha value is -4.36. The number of benzene rings is 4. The minimum Gasteiger partial charge on any atom is -0.506 e. The number of hydrogen-bond acceptors (Lipinski definition) is 7. The smallest absolute Gasteiger partial charge is 0.201 e. The Bertz CT molecular complexity index is 2110. The molecule has 0 amide bonds. The molecule has 0 bridgehead atoms. The summed E-state index contributed by atoms with van der Waals surface area (Å²) in [6.07, 6.45) is 3.56. The van der Waals surface area contributed by atoms with E-state index in [2.05, 4.69) is 114 Å². The number of Topliss-reactive ketones (excluding diaryl/α,β-unsaturated/α-hetero) is 1. The first-order valence-corrected chi connectivity index (χ1v) is 19.3. The molecule has 7 rings (SSSR count). The summed E-state index contributed by atoms with van der Waals surface area (Å²) in [6, 6.07) is 20.7. The highest BCUT2D eigenvalue weighted by Gasteiger charge is 2.42. The molecule has 7 heteroatoms. The Kier molecular flexibility index (Phi) is 11.4. The van der Waals surface area contributed by atoms with Crippen molar-refractivity contribution in [2.45, 2.75) is 106 Å². The summed E-state index contributed by atoms with van der Waals surface area (Å²) in [7, 11) is 1.00. The van der Waals surface area contributed by atoms with E-state index in [-0.39, 0.29) is 17.2 Å². The van der Waals surface area contributed by atoms with Crippen LogP contribution in [0.1, 0.15) is 100 Å². The van der Waals surface area contributed by atoms with Crippen molar-refractivity contribution in [1.82, 2.24) is 0 Å². The quantitative estimate of drug-likeness (QED) is 0.119. The normalized spacial score (nSPS) is 17.5. The van der Waals surface area contributed by atoms with Gasteiger partial charge in [-0.1, -0.05) is 118 Å². The molecule has 278 valence electrons. The van der Waals surface area contributed by atoms with E-state index < -0.39 is 5.66 Å². The summed E-state index contributed by atoms with van der Waals surface area (Å²) >= 11 is 0. The Morgan fingerprint density at radius 3 is 1.69 bits per heavy atom. The Morgan fingerprint density at radius 2 is 1.15 bits per heavy atom. The predicted molar refractivity (Wildman–Crippen MR) is 220 cm³/mol. The van der Waals surface area contributed by atoms with Gasteiger partial charge < -0.3 is 26.2 Å². The highest BCUT2D eigenvalue weighted by atomic mass is 16.3. The number of aliphatic hydroxyl groups is 2. The van der Waals surface area contributed by atoms with Gasteiger partial charge in [0.1, 0.15) is 17.1 Å². The van der Waals surface area contributed by atoms with Gasteiger partial charge in [-0.3, -0.25) is 9.79 Å². The zero-order valence-electron chi connectivity index (χ0n) is 33.2. The van der Waals surface area contributed by atoms with Crippen molar-refractivity contribution >= 4 is 55.5 Å². The molecule has 0 fully saturated rings. The van der Waals surface area contributed by atoms with Gasteiger partial charge in [-0.15, -0.1) is 0 Å². The fourth-order valence-electron chi connectivity index (χ4n) is 8.84. The fourth-order valence-corrected chi connectivity index (χ4v) is 8.84. The largest absolute Gasteiger partial charge is 0.506 e. The average molecular weight is 705 g/mol. The SMILES string of the molecule is CC.CC(C)CC1(CC(C)C)N=c2/c(=C3\C(=O)C(c4ccc5cccc6c5c4NC(CC(C)C)(CC(C)C)N6)=C3O)ccc3cccc(c23)N1.CO. The minimum absolute atomic E-state index is 0.0480. The zero-order chi connectivity index (χ0) is 38.1. The number of allylic oxidation sites excluding steroid dienone is 2. The molecule has 0 saturated carbocycles. The summed E-state index contributed by atoms with van der Waals surface area (Å²) < 4.78 is 0. The molecule has 2 aliphatic heterocycles. The van der Waals surface area contributed by atoms with Crippen LogP contribution in [-0.4, -0.2) is 34.4 Å². The van der Waals surface area contributed by atoms with E-state index in [0.29, 0.717) is 40.0 Å². The van der Waals surface area contributed by atoms with Crippen molar-refractivity contribution in [1.29, 1.82) is 0 Å². The summed E-state index contributed by atoms with van der Waals surface area (Å²) in [5.74, 6) is 1.63. The summed E-state index contributed by atoms with van der Waals surface area (Å²) in [6.45, 7) is 21.9. The summed E-state index contributed by atoms with van der Waals surface area (Å²) in [5.41, 5.74) is 3.62. The molecule has 5 N–H and O–H groups in total. The van der Waals surface area contributed by atoms with Gasteiger partial charge in [0, 0.05) is 40.0 Å². The van der Waals surface area contributed by atoms with E-state index in [9.17, 15) is 9.90 Å². The van der Waals surface area contributed by atoms with Gasteiger partial charge >= 0.3 is 0 Å². The Balaban J connectivity index is 0.00000126. The third-order valence-electron chi connectivity index (χ3n) is 9.97. The van der Waals surface area contributed by atoms with Crippen molar-refractivity contribution < 1.29 is 15.0 Å². The first kappa shape index (κ1) is 38.9. The summed E-state index contributed by atoms with van der Waals surface area (Å²) in [4.78, 5) is 19.9. The Labute approximate surface area is 310 Å². The lowest BCUT2D eigenvalue weighted by molar-refractivity contribution is -0.109. The molecule has 0 saturated heterocycles. The third kappa shape index (κ3) is 7.04. The van der Waals surface area contributed by atoms with Crippen molar-refractivity contribution in [2.24, 2.45) is 28.7 Å². The number of aliphatic hydroxyl groups excluding tert-OH is 2. The van der Waals surface area contributed by atoms with Crippen molar-refractivity contribution in [3.05, 3.63) is 82.6 Å². The molecule has 7 nitrogen and oxygen atoms in total. The van der Waals surface area contributed by atoms with Gasteiger partial charge in [0.25, 0.3) is 0 Å². The minimum atomic E-state index is -0.499. The van der Waals surface area contributed by atoms with Gasteiger partial charge in [-0.2, -0.15) is 0 Å². The van der Waals surface area contributed by atoms with Gasteiger partial charge in [0.15, 0.2) is 0 Å². The average Bonchev–Trinajstić information content (AvgIpc) is 3.07. The van der Waals surface area contributed by atoms with Crippen LogP contribution in [0.2, 0.25) is 0 Å². The lowest BCUT2D eigenvalue weighted by Gasteiger charge is -2.45. The molecule has 0 atom stereocenters. The number of rotatable bonds is 9. The maximum Gasteiger partial charge on any atom is 0.201 e. The van der Waals surface area contributed by atoms with E-state index >= 15 is 0 Å². The van der Waals surface area contributed by atoms with Crippen LogP contribution in [0.3, 0.4) is 0 Å². The Morgan fingerprint density at radius 1 is 0.635 bits per heavy atom. The van der Waals surface area contributed by atoms with E-state index in [1.165, 1.54) is 0 Å². The molecular formula is C45H60N4O3. The first-order chi connectivity index (χ1) is 24.8. The zero-order valence-corrected chi connectivity index (χ0v) is 33.2. The van der Waals surface area contributed by atoms with Crippen LogP contribution in [0, 0.1) is 23.7 Å². The predicted octanol–water partition coefficient (Wildman–Crippen LogP) is 9.79. The molecule has 4 aromatic rings. The number of nitrogens with zero attached hydrogens (tertiary/aromatic N) is 1. The molecule has 3 aliphatic rings. The third-order valence-corrected chi connectivity index (χ3v) is 9.97. The van der Waals surface area contributed by atoms with Crippen molar-refractivity contribution in [3.63, 3.8) is 0 Å².